The fraction of sp³-hybridized carbons (Fsp3) is 0.389. The molecule has 1 heterocycles. The van der Waals surface area contributed by atoms with Gasteiger partial charge >= 0.3 is 6.03 Å². The van der Waals surface area contributed by atoms with E-state index in [0.717, 1.165) is 17.7 Å². The van der Waals surface area contributed by atoms with E-state index < -0.39 is 0 Å². The lowest BCUT2D eigenvalue weighted by atomic mass is 10.0. The van der Waals surface area contributed by atoms with Crippen molar-refractivity contribution in [3.63, 3.8) is 0 Å². The summed E-state index contributed by atoms with van der Waals surface area (Å²) < 4.78 is 0. The Kier molecular flexibility index (Phi) is 5.00. The van der Waals surface area contributed by atoms with Crippen LogP contribution in [0.25, 0.3) is 0 Å². The Labute approximate surface area is 147 Å². The Bertz CT molecular complexity index is 692. The van der Waals surface area contributed by atoms with Gasteiger partial charge in [0.15, 0.2) is 0 Å². The molecule has 2 amide bonds. The molecule has 0 radical (unpaired) electrons. The molecule has 3 rings (SSSR count). The van der Waals surface area contributed by atoms with Crippen LogP contribution in [0.15, 0.2) is 42.9 Å². The lowest BCUT2D eigenvalue weighted by Gasteiger charge is -2.24. The molecule has 1 aromatic carbocycles. The Hall–Kier alpha value is -2.14. The lowest BCUT2D eigenvalue weighted by Crippen LogP contribution is -2.40. The second-order valence-corrected chi connectivity index (χ2v) is 6.84. The largest absolute Gasteiger partial charge is 0.331 e. The van der Waals surface area contributed by atoms with Crippen molar-refractivity contribution >= 4 is 17.6 Å². The van der Waals surface area contributed by atoms with Gasteiger partial charge < -0.3 is 10.2 Å². The first-order chi connectivity index (χ1) is 11.5. The number of nitrogens with one attached hydrogen (secondary N) is 1. The summed E-state index contributed by atoms with van der Waals surface area (Å²) in [5.41, 5.74) is 1.85. The molecule has 5 nitrogen and oxygen atoms in total. The van der Waals surface area contributed by atoms with Gasteiger partial charge in [0.2, 0.25) is 0 Å². The summed E-state index contributed by atoms with van der Waals surface area (Å²) >= 11 is 5.98. The third kappa shape index (κ3) is 4.03. The number of urea groups is 1. The van der Waals surface area contributed by atoms with Gasteiger partial charge in [0, 0.05) is 24.5 Å². The van der Waals surface area contributed by atoms with Gasteiger partial charge in [0.25, 0.3) is 0 Å². The molecule has 24 heavy (non-hydrogen) atoms. The summed E-state index contributed by atoms with van der Waals surface area (Å²) in [6.07, 6.45) is 6.04. The molecule has 126 valence electrons. The van der Waals surface area contributed by atoms with Gasteiger partial charge in [-0.3, -0.25) is 9.97 Å². The van der Waals surface area contributed by atoms with E-state index >= 15 is 0 Å². The molecule has 0 unspecified atom stereocenters. The van der Waals surface area contributed by atoms with E-state index in [9.17, 15) is 4.79 Å². The van der Waals surface area contributed by atoms with E-state index in [1.165, 1.54) is 0 Å². The third-order valence-corrected chi connectivity index (χ3v) is 4.72. The maximum Gasteiger partial charge on any atom is 0.317 e. The molecule has 1 aliphatic carbocycles. The van der Waals surface area contributed by atoms with Crippen molar-refractivity contribution in [1.82, 2.24) is 20.2 Å². The molecule has 0 spiro atoms. The van der Waals surface area contributed by atoms with Crippen molar-refractivity contribution in [2.75, 3.05) is 7.05 Å². The van der Waals surface area contributed by atoms with Gasteiger partial charge in [-0.25, -0.2) is 4.79 Å². The van der Waals surface area contributed by atoms with Gasteiger partial charge in [-0.15, -0.1) is 0 Å². The maximum absolute atomic E-state index is 12.6. The molecular formula is C18H21ClN4O. The number of amides is 2. The van der Waals surface area contributed by atoms with E-state index in [1.807, 2.05) is 24.3 Å². The summed E-state index contributed by atoms with van der Waals surface area (Å²) in [4.78, 5) is 22.4. The normalized spacial score (nSPS) is 20.3. The van der Waals surface area contributed by atoms with Crippen LogP contribution in [0.4, 0.5) is 4.79 Å². The zero-order valence-electron chi connectivity index (χ0n) is 13.8. The van der Waals surface area contributed by atoms with Gasteiger partial charge in [0.05, 0.1) is 24.5 Å². The number of hydrogen-bond acceptors (Lipinski definition) is 3. The zero-order valence-corrected chi connectivity index (χ0v) is 14.6. The van der Waals surface area contributed by atoms with Crippen LogP contribution in [0.3, 0.4) is 0 Å². The number of aromatic nitrogens is 2. The Morgan fingerprint density at radius 1 is 1.38 bits per heavy atom. The highest BCUT2D eigenvalue weighted by Crippen LogP contribution is 2.47. The average Bonchev–Trinajstić information content (AvgIpc) is 3.30. The number of carbonyl (C=O) groups is 1. The minimum atomic E-state index is -0.111. The first kappa shape index (κ1) is 16.7. The van der Waals surface area contributed by atoms with Crippen LogP contribution in [0, 0.1) is 11.8 Å². The molecule has 1 saturated carbocycles. The molecule has 0 saturated heterocycles. The Morgan fingerprint density at radius 3 is 2.67 bits per heavy atom. The first-order valence-corrected chi connectivity index (χ1v) is 8.44. The fourth-order valence-electron chi connectivity index (χ4n) is 2.89. The molecule has 6 heteroatoms. The Balaban J connectivity index is 1.68. The highest BCUT2D eigenvalue weighted by molar-refractivity contribution is 6.30. The monoisotopic (exact) mass is 344 g/mol. The standard InChI is InChI=1S/C18H21ClN4O/c1-12-9-16(12)17(13-3-5-14(19)6-4-13)22-18(24)23(2)11-15-10-20-7-8-21-15/h3-8,10,12,16-17H,9,11H2,1-2H3,(H,22,24)/t12-,16+,17+/m1/s1. The van der Waals surface area contributed by atoms with E-state index in [0.29, 0.717) is 23.4 Å². The predicted molar refractivity (Wildman–Crippen MR) is 93.5 cm³/mol. The molecule has 1 aliphatic rings. The Morgan fingerprint density at radius 2 is 2.08 bits per heavy atom. The van der Waals surface area contributed by atoms with Gasteiger partial charge in [-0.2, -0.15) is 0 Å². The van der Waals surface area contributed by atoms with E-state index in [4.69, 9.17) is 11.6 Å². The summed E-state index contributed by atoms with van der Waals surface area (Å²) in [6, 6.07) is 7.61. The summed E-state index contributed by atoms with van der Waals surface area (Å²) in [6.45, 7) is 2.64. The third-order valence-electron chi connectivity index (χ3n) is 4.47. The van der Waals surface area contributed by atoms with Crippen LogP contribution in [0.2, 0.25) is 5.02 Å². The lowest BCUT2D eigenvalue weighted by molar-refractivity contribution is 0.200. The quantitative estimate of drug-likeness (QED) is 0.900. The molecule has 2 aromatic rings. The highest BCUT2D eigenvalue weighted by atomic mass is 35.5. The number of benzene rings is 1. The SMILES string of the molecule is C[C@@H]1C[C@@H]1[C@@H](NC(=O)N(C)Cc1cnccn1)c1ccc(Cl)cc1. The van der Waals surface area contributed by atoms with Crippen molar-refractivity contribution < 1.29 is 4.79 Å². The van der Waals surface area contributed by atoms with E-state index in [-0.39, 0.29) is 12.1 Å². The number of carbonyl (C=O) groups excluding carboxylic acids is 1. The number of hydrogen-bond donors (Lipinski definition) is 1. The van der Waals surface area contributed by atoms with Crippen LogP contribution in [-0.4, -0.2) is 27.9 Å². The smallest absolute Gasteiger partial charge is 0.317 e. The summed E-state index contributed by atoms with van der Waals surface area (Å²) in [5.74, 6) is 1.09. The van der Waals surface area contributed by atoms with Crippen LogP contribution in [0.5, 0.6) is 0 Å². The number of nitrogens with zero attached hydrogens (tertiary/aromatic N) is 3. The second-order valence-electron chi connectivity index (χ2n) is 6.41. The number of halogens is 1. The summed E-state index contributed by atoms with van der Waals surface area (Å²) in [7, 11) is 1.76. The van der Waals surface area contributed by atoms with Crippen molar-refractivity contribution in [2.45, 2.75) is 25.9 Å². The van der Waals surface area contributed by atoms with Crippen LogP contribution in [0.1, 0.15) is 30.6 Å². The molecule has 1 N–H and O–H groups in total. The molecular weight excluding hydrogens is 324 g/mol. The highest BCUT2D eigenvalue weighted by Gasteiger charge is 2.41. The minimum absolute atomic E-state index is 0.00840. The molecule has 3 atom stereocenters. The minimum Gasteiger partial charge on any atom is -0.331 e. The van der Waals surface area contributed by atoms with Crippen LogP contribution >= 0.6 is 11.6 Å². The maximum atomic E-state index is 12.6. The average molecular weight is 345 g/mol. The first-order valence-electron chi connectivity index (χ1n) is 8.06. The van der Waals surface area contributed by atoms with E-state index in [1.54, 1.807) is 30.5 Å². The van der Waals surface area contributed by atoms with Crippen molar-refractivity contribution in [3.8, 4) is 0 Å². The molecule has 0 aliphatic heterocycles. The fourth-order valence-corrected chi connectivity index (χ4v) is 3.02. The van der Waals surface area contributed by atoms with Crippen molar-refractivity contribution in [3.05, 3.63) is 59.1 Å². The van der Waals surface area contributed by atoms with Crippen molar-refractivity contribution in [1.29, 1.82) is 0 Å². The van der Waals surface area contributed by atoms with Gasteiger partial charge in [-0.1, -0.05) is 30.7 Å². The number of rotatable bonds is 5. The van der Waals surface area contributed by atoms with Gasteiger partial charge in [0.1, 0.15) is 0 Å². The van der Waals surface area contributed by atoms with Gasteiger partial charge in [-0.05, 0) is 36.0 Å². The predicted octanol–water partition coefficient (Wildman–Crippen LogP) is 3.67. The second kappa shape index (κ2) is 7.18. The zero-order chi connectivity index (χ0) is 17.1. The topological polar surface area (TPSA) is 58.1 Å². The summed E-state index contributed by atoms with van der Waals surface area (Å²) in [5, 5.41) is 3.86. The molecule has 0 bridgehead atoms. The van der Waals surface area contributed by atoms with Crippen LogP contribution < -0.4 is 5.32 Å². The molecule has 1 fully saturated rings. The van der Waals surface area contributed by atoms with E-state index in [2.05, 4.69) is 22.2 Å². The van der Waals surface area contributed by atoms with Crippen LogP contribution in [-0.2, 0) is 6.54 Å². The van der Waals surface area contributed by atoms with Crippen molar-refractivity contribution in [2.24, 2.45) is 11.8 Å². The molecule has 1 aromatic heterocycles.